The maximum atomic E-state index is 5.39. The second-order valence-electron chi connectivity index (χ2n) is 5.74. The van der Waals surface area contributed by atoms with Crippen molar-refractivity contribution in [2.75, 3.05) is 25.0 Å². The van der Waals surface area contributed by atoms with Crippen molar-refractivity contribution in [3.05, 3.63) is 29.3 Å². The molecule has 110 valence electrons. The molecular formula is C16H26N3S+. The summed E-state index contributed by atoms with van der Waals surface area (Å²) in [5, 5.41) is 7.38. The molecule has 2 rings (SSSR count). The Morgan fingerprint density at radius 1 is 1.35 bits per heavy atom. The predicted molar refractivity (Wildman–Crippen MR) is 89.5 cm³/mol. The number of thiocarbonyl (C=S) groups is 1. The molecule has 0 spiro atoms. The fraction of sp³-hybridized carbons (Fsp3) is 0.562. The molecule has 0 saturated carbocycles. The van der Waals surface area contributed by atoms with Crippen LogP contribution in [0.5, 0.6) is 0 Å². The van der Waals surface area contributed by atoms with E-state index in [4.69, 9.17) is 12.2 Å². The first-order valence-corrected chi connectivity index (χ1v) is 7.97. The number of hydrogen-bond donors (Lipinski definition) is 3. The monoisotopic (exact) mass is 292 g/mol. The van der Waals surface area contributed by atoms with Crippen molar-refractivity contribution >= 4 is 23.0 Å². The zero-order valence-corrected chi connectivity index (χ0v) is 13.6. The zero-order chi connectivity index (χ0) is 14.5. The molecule has 2 atom stereocenters. The van der Waals surface area contributed by atoms with Crippen molar-refractivity contribution in [3.8, 4) is 0 Å². The second-order valence-corrected chi connectivity index (χ2v) is 6.14. The van der Waals surface area contributed by atoms with Gasteiger partial charge in [0.15, 0.2) is 5.11 Å². The fourth-order valence-corrected chi connectivity index (χ4v) is 3.11. The van der Waals surface area contributed by atoms with E-state index in [1.807, 2.05) is 0 Å². The Morgan fingerprint density at radius 3 is 2.85 bits per heavy atom. The normalized spacial score (nSPS) is 21.8. The van der Waals surface area contributed by atoms with E-state index in [9.17, 15) is 0 Å². The minimum absolute atomic E-state index is 0.708. The van der Waals surface area contributed by atoms with E-state index in [0.29, 0.717) is 6.04 Å². The Hall–Kier alpha value is -1.13. The molecule has 0 aliphatic carbocycles. The molecule has 0 amide bonds. The molecule has 1 aliphatic rings. The van der Waals surface area contributed by atoms with Crippen molar-refractivity contribution in [1.29, 1.82) is 0 Å². The largest absolute Gasteiger partial charge is 0.356 e. The maximum Gasteiger partial charge on any atom is 0.170 e. The quantitative estimate of drug-likeness (QED) is 0.737. The highest BCUT2D eigenvalue weighted by atomic mass is 32.1. The van der Waals surface area contributed by atoms with Crippen molar-refractivity contribution in [2.45, 2.75) is 39.7 Å². The van der Waals surface area contributed by atoms with Gasteiger partial charge in [0.1, 0.15) is 6.04 Å². The standard InChI is InChI=1S/C16H25N3S/c1-4-19-9-5-6-15(19)11-17-16(20)18-14-8-7-12(2)13(3)10-14/h7-8,10,15H,4-6,9,11H2,1-3H3,(H2,17,18,20)/p+1/t15-/m0/s1. The number of anilines is 1. The summed E-state index contributed by atoms with van der Waals surface area (Å²) in [6.45, 7) is 10.00. The minimum Gasteiger partial charge on any atom is -0.356 e. The van der Waals surface area contributed by atoms with Gasteiger partial charge in [-0.2, -0.15) is 0 Å². The summed E-state index contributed by atoms with van der Waals surface area (Å²) in [4.78, 5) is 1.70. The highest BCUT2D eigenvalue weighted by Crippen LogP contribution is 2.13. The molecule has 4 heteroatoms. The van der Waals surface area contributed by atoms with Gasteiger partial charge in [-0.1, -0.05) is 6.07 Å². The van der Waals surface area contributed by atoms with E-state index >= 15 is 0 Å². The van der Waals surface area contributed by atoms with E-state index in [-0.39, 0.29) is 0 Å². The Kier molecular flexibility index (Phi) is 5.38. The SMILES string of the molecule is CC[NH+]1CCC[C@H]1CNC(=S)Nc1ccc(C)c(C)c1. The molecule has 1 unspecified atom stereocenters. The molecule has 1 aromatic carbocycles. The van der Waals surface area contributed by atoms with Crippen LogP contribution in [0.2, 0.25) is 0 Å². The van der Waals surface area contributed by atoms with Gasteiger partial charge in [-0.15, -0.1) is 0 Å². The van der Waals surface area contributed by atoms with Crippen LogP contribution in [0, 0.1) is 13.8 Å². The van der Waals surface area contributed by atoms with Crippen molar-refractivity contribution in [3.63, 3.8) is 0 Å². The first-order chi connectivity index (χ1) is 9.60. The highest BCUT2D eigenvalue weighted by molar-refractivity contribution is 7.80. The lowest BCUT2D eigenvalue weighted by Crippen LogP contribution is -3.14. The van der Waals surface area contributed by atoms with E-state index in [1.165, 1.54) is 37.1 Å². The summed E-state index contributed by atoms with van der Waals surface area (Å²) in [6, 6.07) is 7.05. The van der Waals surface area contributed by atoms with Crippen molar-refractivity contribution in [2.24, 2.45) is 0 Å². The molecule has 3 nitrogen and oxygen atoms in total. The summed E-state index contributed by atoms with van der Waals surface area (Å²) in [5.74, 6) is 0. The number of likely N-dealkylation sites (tertiary alicyclic amines) is 1. The van der Waals surface area contributed by atoms with Crippen LogP contribution in [-0.2, 0) is 0 Å². The van der Waals surface area contributed by atoms with Gasteiger partial charge in [0.2, 0.25) is 0 Å². The van der Waals surface area contributed by atoms with E-state index in [2.05, 4.69) is 49.6 Å². The average Bonchev–Trinajstić information content (AvgIpc) is 2.88. The Labute approximate surface area is 127 Å². The number of likely N-dealkylation sites (N-methyl/N-ethyl adjacent to an activating group) is 1. The van der Waals surface area contributed by atoms with Gasteiger partial charge in [0, 0.05) is 18.5 Å². The molecular weight excluding hydrogens is 266 g/mol. The Bertz CT molecular complexity index is 473. The molecule has 3 N–H and O–H groups in total. The number of benzene rings is 1. The highest BCUT2D eigenvalue weighted by Gasteiger charge is 2.26. The predicted octanol–water partition coefficient (Wildman–Crippen LogP) is 1.66. The topological polar surface area (TPSA) is 28.5 Å². The van der Waals surface area contributed by atoms with Crippen LogP contribution >= 0.6 is 12.2 Å². The Balaban J connectivity index is 1.81. The van der Waals surface area contributed by atoms with Crippen LogP contribution in [0.1, 0.15) is 30.9 Å². The molecule has 1 fully saturated rings. The third-order valence-corrected chi connectivity index (χ3v) is 4.60. The van der Waals surface area contributed by atoms with Crippen molar-refractivity contribution in [1.82, 2.24) is 5.32 Å². The Morgan fingerprint density at radius 2 is 2.15 bits per heavy atom. The molecule has 1 saturated heterocycles. The zero-order valence-electron chi connectivity index (χ0n) is 12.8. The fourth-order valence-electron chi connectivity index (χ4n) is 2.91. The lowest BCUT2D eigenvalue weighted by atomic mass is 10.1. The third kappa shape index (κ3) is 3.93. The maximum absolute atomic E-state index is 5.39. The number of rotatable bonds is 4. The first kappa shape index (κ1) is 15.3. The van der Waals surface area contributed by atoms with Gasteiger partial charge in [-0.25, -0.2) is 0 Å². The van der Waals surface area contributed by atoms with E-state index in [0.717, 1.165) is 17.3 Å². The lowest BCUT2D eigenvalue weighted by molar-refractivity contribution is -0.909. The number of hydrogen-bond acceptors (Lipinski definition) is 1. The molecule has 0 aromatic heterocycles. The van der Waals surface area contributed by atoms with Gasteiger partial charge >= 0.3 is 0 Å². The van der Waals surface area contributed by atoms with E-state index < -0.39 is 0 Å². The number of nitrogens with one attached hydrogen (secondary N) is 3. The van der Waals surface area contributed by atoms with Crippen LogP contribution in [0.4, 0.5) is 5.69 Å². The molecule has 1 aliphatic heterocycles. The van der Waals surface area contributed by atoms with Gasteiger partial charge in [0.05, 0.1) is 19.6 Å². The number of quaternary nitrogens is 1. The van der Waals surface area contributed by atoms with Crippen LogP contribution in [-0.4, -0.2) is 30.8 Å². The van der Waals surface area contributed by atoms with Gasteiger partial charge < -0.3 is 15.5 Å². The van der Waals surface area contributed by atoms with Gasteiger partial charge in [-0.05, 0) is 56.2 Å². The average molecular weight is 292 g/mol. The minimum atomic E-state index is 0.708. The van der Waals surface area contributed by atoms with Gasteiger partial charge in [-0.3, -0.25) is 0 Å². The molecule has 0 radical (unpaired) electrons. The van der Waals surface area contributed by atoms with Crippen LogP contribution in [0.25, 0.3) is 0 Å². The molecule has 20 heavy (non-hydrogen) atoms. The second kappa shape index (κ2) is 7.04. The summed E-state index contributed by atoms with van der Waals surface area (Å²) in [6.07, 6.45) is 2.65. The third-order valence-electron chi connectivity index (χ3n) is 4.36. The smallest absolute Gasteiger partial charge is 0.170 e. The first-order valence-electron chi connectivity index (χ1n) is 7.57. The lowest BCUT2D eigenvalue weighted by Gasteiger charge is -2.21. The van der Waals surface area contributed by atoms with E-state index in [1.54, 1.807) is 4.90 Å². The molecule has 1 heterocycles. The summed E-state index contributed by atoms with van der Waals surface area (Å²) in [5.41, 5.74) is 3.66. The summed E-state index contributed by atoms with van der Waals surface area (Å²) >= 11 is 5.39. The summed E-state index contributed by atoms with van der Waals surface area (Å²) in [7, 11) is 0. The number of aryl methyl sites for hydroxylation is 2. The molecule has 1 aromatic rings. The summed E-state index contributed by atoms with van der Waals surface area (Å²) < 4.78 is 0. The van der Waals surface area contributed by atoms with Crippen LogP contribution in [0.15, 0.2) is 18.2 Å². The molecule has 0 bridgehead atoms. The van der Waals surface area contributed by atoms with Crippen molar-refractivity contribution < 1.29 is 4.90 Å². The van der Waals surface area contributed by atoms with Crippen LogP contribution in [0.3, 0.4) is 0 Å². The van der Waals surface area contributed by atoms with Gasteiger partial charge in [0.25, 0.3) is 0 Å². The van der Waals surface area contributed by atoms with Crippen LogP contribution < -0.4 is 15.5 Å².